The van der Waals surface area contributed by atoms with Crippen LogP contribution in [0.25, 0.3) is 0 Å². The molecular formula is C26H54N3O5+. The van der Waals surface area contributed by atoms with Gasteiger partial charge in [0, 0.05) is 26.6 Å². The Balaban J connectivity index is -0.000000181. The lowest BCUT2D eigenvalue weighted by Gasteiger charge is -2.06. The van der Waals surface area contributed by atoms with E-state index in [0.29, 0.717) is 18.0 Å². The molecule has 0 atom stereocenters. The lowest BCUT2D eigenvalue weighted by Crippen LogP contribution is -2.39. The van der Waals surface area contributed by atoms with Crippen molar-refractivity contribution >= 4 is 18.0 Å². The summed E-state index contributed by atoms with van der Waals surface area (Å²) >= 11 is 0. The Kier molecular flexibility index (Phi) is 42.8. The van der Waals surface area contributed by atoms with Gasteiger partial charge in [-0.3, -0.25) is 9.59 Å². The first kappa shape index (κ1) is 41.6. The Labute approximate surface area is 209 Å². The molecule has 1 aromatic rings. The molecule has 1 aromatic heterocycles. The van der Waals surface area contributed by atoms with Crippen LogP contribution in [0, 0.1) is 5.92 Å². The molecule has 1 heterocycles. The Morgan fingerprint density at radius 1 is 1.06 bits per heavy atom. The van der Waals surface area contributed by atoms with Crippen molar-refractivity contribution in [1.29, 1.82) is 0 Å². The number of hydrogen-bond acceptors (Lipinski definition) is 4. The van der Waals surface area contributed by atoms with E-state index in [9.17, 15) is 9.59 Å². The molecule has 0 unspecified atom stereocenters. The van der Waals surface area contributed by atoms with E-state index in [1.54, 1.807) is 36.1 Å². The van der Waals surface area contributed by atoms with Gasteiger partial charge >= 0.3 is 6.09 Å². The Morgan fingerprint density at radius 2 is 1.53 bits per heavy atom. The van der Waals surface area contributed by atoms with Crippen molar-refractivity contribution in [3.05, 3.63) is 30.1 Å². The molecule has 0 bridgehead atoms. The number of pyridine rings is 1. The lowest BCUT2D eigenvalue weighted by atomic mass is 10.1. The van der Waals surface area contributed by atoms with E-state index in [1.807, 2.05) is 41.5 Å². The standard InChI is InChI=1S/C15H23N3O3.C3H8.C2H4O2.3C2H6/c1-12(2)6-4-8-17-15(20)21-11-18-9-5-7-13(10-18)14(19)16-3;1-3-2;1-2(3)4;3*1-2/h5,7,9-10,12H,4,6,8,11H2,1-3H3,(H-,16,17,19,20);3H2,1-2H3;1H3,(H,3,4);3*1-2H3/p+1. The number of hydrogen-bond donors (Lipinski definition) is 3. The summed E-state index contributed by atoms with van der Waals surface area (Å²) in [5.74, 6) is -0.381. The molecule has 0 saturated heterocycles. The normalized spacial score (nSPS) is 8.15. The van der Waals surface area contributed by atoms with Gasteiger partial charge in [0.2, 0.25) is 0 Å². The summed E-state index contributed by atoms with van der Waals surface area (Å²) in [5, 5.41) is 12.7. The summed E-state index contributed by atoms with van der Waals surface area (Å²) in [6.07, 6.45) is 6.18. The Bertz CT molecular complexity index is 575. The van der Waals surface area contributed by atoms with Gasteiger partial charge in [0.1, 0.15) is 5.56 Å². The average molecular weight is 489 g/mol. The molecule has 2 amide bonds. The van der Waals surface area contributed by atoms with E-state index in [4.69, 9.17) is 14.6 Å². The second-order valence-corrected chi connectivity index (χ2v) is 6.44. The minimum atomic E-state index is -0.833. The zero-order valence-corrected chi connectivity index (χ0v) is 23.9. The van der Waals surface area contributed by atoms with Crippen LogP contribution in [0.3, 0.4) is 0 Å². The molecule has 0 radical (unpaired) electrons. The van der Waals surface area contributed by atoms with Crippen LogP contribution in [0.5, 0.6) is 0 Å². The van der Waals surface area contributed by atoms with Crippen molar-refractivity contribution < 1.29 is 28.8 Å². The average Bonchev–Trinajstić information content (AvgIpc) is 2.84. The van der Waals surface area contributed by atoms with Crippen molar-refractivity contribution in [2.24, 2.45) is 5.92 Å². The van der Waals surface area contributed by atoms with Gasteiger partial charge in [0.25, 0.3) is 18.6 Å². The first-order valence-electron chi connectivity index (χ1n) is 12.5. The van der Waals surface area contributed by atoms with Crippen molar-refractivity contribution in [3.8, 4) is 0 Å². The molecule has 3 N–H and O–H groups in total. The van der Waals surface area contributed by atoms with E-state index in [2.05, 4.69) is 38.3 Å². The summed E-state index contributed by atoms with van der Waals surface area (Å²) in [4.78, 5) is 32.0. The number of aliphatic carboxylic acids is 1. The topological polar surface area (TPSA) is 109 Å². The maximum absolute atomic E-state index is 11.5. The largest absolute Gasteiger partial charge is 0.481 e. The number of aromatic nitrogens is 1. The quantitative estimate of drug-likeness (QED) is 0.320. The predicted octanol–water partition coefficient (Wildman–Crippen LogP) is 6.04. The van der Waals surface area contributed by atoms with Crippen LogP contribution in [0.4, 0.5) is 4.79 Å². The molecule has 0 fully saturated rings. The van der Waals surface area contributed by atoms with Gasteiger partial charge in [-0.05, 0) is 24.8 Å². The van der Waals surface area contributed by atoms with Crippen LogP contribution >= 0.6 is 0 Å². The summed E-state index contributed by atoms with van der Waals surface area (Å²) < 4.78 is 6.72. The maximum Gasteiger partial charge on any atom is 0.411 e. The van der Waals surface area contributed by atoms with E-state index >= 15 is 0 Å². The van der Waals surface area contributed by atoms with E-state index in [-0.39, 0.29) is 12.6 Å². The molecule has 1 rings (SSSR count). The third kappa shape index (κ3) is 36.7. The van der Waals surface area contributed by atoms with E-state index in [0.717, 1.165) is 19.8 Å². The van der Waals surface area contributed by atoms with Gasteiger partial charge < -0.3 is 20.5 Å². The molecule has 8 nitrogen and oxygen atoms in total. The second kappa shape index (κ2) is 35.0. The molecule has 0 aliphatic heterocycles. The fourth-order valence-corrected chi connectivity index (χ4v) is 1.77. The number of nitrogens with one attached hydrogen (secondary N) is 2. The van der Waals surface area contributed by atoms with Gasteiger partial charge in [-0.2, -0.15) is 4.57 Å². The SMILES string of the molecule is CC.CC.CC.CC(=O)O.CCC.CNC(=O)c1ccc[n+](COC(=O)NCCCC(C)C)c1. The highest BCUT2D eigenvalue weighted by molar-refractivity contribution is 5.93. The molecule has 0 aliphatic carbocycles. The zero-order valence-electron chi connectivity index (χ0n) is 23.9. The number of rotatable bonds is 7. The molecule has 0 spiro atoms. The molecule has 202 valence electrons. The summed E-state index contributed by atoms with van der Waals surface area (Å²) in [7, 11) is 1.57. The van der Waals surface area contributed by atoms with Crippen LogP contribution in [0.2, 0.25) is 0 Å². The highest BCUT2D eigenvalue weighted by Gasteiger charge is 2.10. The first-order valence-corrected chi connectivity index (χ1v) is 12.5. The Morgan fingerprint density at radius 3 is 1.94 bits per heavy atom. The third-order valence-corrected chi connectivity index (χ3v) is 2.92. The first-order chi connectivity index (χ1) is 16.2. The minimum Gasteiger partial charge on any atom is -0.481 e. The van der Waals surface area contributed by atoms with Crippen molar-refractivity contribution in [2.75, 3.05) is 13.6 Å². The number of alkyl carbamates (subject to hydrolysis) is 1. The molecule has 0 saturated carbocycles. The van der Waals surface area contributed by atoms with E-state index < -0.39 is 12.1 Å². The molecule has 0 aliphatic rings. The smallest absolute Gasteiger partial charge is 0.411 e. The van der Waals surface area contributed by atoms with Crippen LogP contribution in [-0.4, -0.2) is 36.7 Å². The molecule has 34 heavy (non-hydrogen) atoms. The van der Waals surface area contributed by atoms with Crippen molar-refractivity contribution in [3.63, 3.8) is 0 Å². The van der Waals surface area contributed by atoms with Crippen molar-refractivity contribution in [2.45, 2.75) is 102 Å². The minimum absolute atomic E-state index is 0.0703. The molecular weight excluding hydrogens is 434 g/mol. The number of carboxylic acids is 1. The number of carboxylic acid groups (broad SMARTS) is 1. The number of ether oxygens (including phenoxy) is 1. The predicted molar refractivity (Wildman–Crippen MR) is 142 cm³/mol. The van der Waals surface area contributed by atoms with Gasteiger partial charge in [-0.25, -0.2) is 4.79 Å². The fourth-order valence-electron chi connectivity index (χ4n) is 1.77. The van der Waals surface area contributed by atoms with Crippen LogP contribution in [-0.2, 0) is 16.3 Å². The van der Waals surface area contributed by atoms with Gasteiger partial charge in [-0.15, -0.1) is 0 Å². The summed E-state index contributed by atoms with van der Waals surface area (Å²) in [5.41, 5.74) is 0.515. The van der Waals surface area contributed by atoms with Crippen molar-refractivity contribution in [1.82, 2.24) is 10.6 Å². The van der Waals surface area contributed by atoms with E-state index in [1.165, 1.54) is 6.42 Å². The monoisotopic (exact) mass is 488 g/mol. The Hall–Kier alpha value is -2.64. The van der Waals surface area contributed by atoms with Crippen LogP contribution in [0.15, 0.2) is 24.5 Å². The number of amides is 2. The number of nitrogens with zero attached hydrogens (tertiary/aromatic N) is 1. The molecule has 8 heteroatoms. The highest BCUT2D eigenvalue weighted by atomic mass is 16.6. The van der Waals surface area contributed by atoms with Gasteiger partial charge in [-0.1, -0.05) is 75.7 Å². The maximum atomic E-state index is 11.5. The lowest BCUT2D eigenvalue weighted by molar-refractivity contribution is -0.727. The number of carbonyl (C=O) groups excluding carboxylic acids is 2. The van der Waals surface area contributed by atoms with Crippen LogP contribution < -0.4 is 15.2 Å². The highest BCUT2D eigenvalue weighted by Crippen LogP contribution is 2.01. The summed E-state index contributed by atoms with van der Waals surface area (Å²) in [6, 6.07) is 3.43. The molecule has 0 aromatic carbocycles. The summed E-state index contributed by atoms with van der Waals surface area (Å²) in [6.45, 7) is 22.3. The second-order valence-electron chi connectivity index (χ2n) is 6.44. The fraction of sp³-hybridized carbons (Fsp3) is 0.692. The van der Waals surface area contributed by atoms with Gasteiger partial charge in [0.15, 0.2) is 12.4 Å². The van der Waals surface area contributed by atoms with Crippen LogP contribution in [0.1, 0.15) is 106 Å². The zero-order chi connectivity index (χ0) is 27.9. The van der Waals surface area contributed by atoms with Gasteiger partial charge in [0.05, 0.1) is 0 Å². The number of carbonyl (C=O) groups is 3. The third-order valence-electron chi connectivity index (χ3n) is 2.92.